The van der Waals surface area contributed by atoms with Crippen molar-refractivity contribution in [2.24, 2.45) is 5.92 Å². The van der Waals surface area contributed by atoms with Crippen LogP contribution in [0.1, 0.15) is 23.6 Å². The van der Waals surface area contributed by atoms with Gasteiger partial charge in [0.1, 0.15) is 5.78 Å². The second-order valence-electron chi connectivity index (χ2n) is 4.47. The van der Waals surface area contributed by atoms with Crippen LogP contribution in [-0.4, -0.2) is 19.4 Å². The Bertz CT molecular complexity index is 351. The average Bonchev–Trinajstić information content (AvgIpc) is 2.23. The summed E-state index contributed by atoms with van der Waals surface area (Å²) in [4.78, 5) is 12.0. The van der Waals surface area contributed by atoms with Crippen LogP contribution in [0.4, 0.5) is 0 Å². The number of hydrogen-bond donors (Lipinski definition) is 1. The fraction of sp³-hybridized carbons (Fsp3) is 0.500. The van der Waals surface area contributed by atoms with E-state index in [1.54, 1.807) is 0 Å². The van der Waals surface area contributed by atoms with Crippen LogP contribution in [-0.2, 0) is 11.2 Å². The van der Waals surface area contributed by atoms with Gasteiger partial charge >= 0.3 is 0 Å². The van der Waals surface area contributed by atoms with Gasteiger partial charge in [-0.3, -0.25) is 4.79 Å². The highest BCUT2D eigenvalue weighted by atomic mass is 16.1. The molecule has 1 aromatic rings. The number of nitrogens with one attached hydrogen (secondary N) is 1. The molecule has 1 N–H and O–H groups in total. The van der Waals surface area contributed by atoms with Gasteiger partial charge in [0, 0.05) is 18.9 Å². The third-order valence-electron chi connectivity index (χ3n) is 3.06. The first-order valence-corrected chi connectivity index (χ1v) is 5.78. The molecule has 2 nitrogen and oxygen atoms in total. The number of hydrogen-bond acceptors (Lipinski definition) is 2. The molecule has 0 saturated heterocycles. The SMILES string of the molecule is CNCC(C)C(=O)Cc1c(C)cccc1C. The van der Waals surface area contributed by atoms with Gasteiger partial charge in [0.15, 0.2) is 0 Å². The van der Waals surface area contributed by atoms with Crippen LogP contribution >= 0.6 is 0 Å². The van der Waals surface area contributed by atoms with Crippen molar-refractivity contribution in [3.8, 4) is 0 Å². The minimum absolute atomic E-state index is 0.0870. The smallest absolute Gasteiger partial charge is 0.141 e. The molecule has 1 rings (SSSR count). The van der Waals surface area contributed by atoms with E-state index in [1.165, 1.54) is 16.7 Å². The van der Waals surface area contributed by atoms with E-state index in [9.17, 15) is 4.79 Å². The van der Waals surface area contributed by atoms with Crippen molar-refractivity contribution in [1.29, 1.82) is 0 Å². The summed E-state index contributed by atoms with van der Waals surface area (Å²) in [6, 6.07) is 6.17. The van der Waals surface area contributed by atoms with Crippen LogP contribution < -0.4 is 5.32 Å². The van der Waals surface area contributed by atoms with Gasteiger partial charge in [-0.05, 0) is 37.6 Å². The molecule has 0 aliphatic carbocycles. The summed E-state index contributed by atoms with van der Waals surface area (Å²) in [5.74, 6) is 0.399. The molecule has 0 amide bonds. The molecule has 0 spiro atoms. The number of carbonyl (C=O) groups excluding carboxylic acids is 1. The number of aryl methyl sites for hydroxylation is 2. The van der Waals surface area contributed by atoms with Crippen LogP contribution in [0.15, 0.2) is 18.2 Å². The topological polar surface area (TPSA) is 29.1 Å². The molecular formula is C14H21NO. The zero-order valence-electron chi connectivity index (χ0n) is 10.6. The lowest BCUT2D eigenvalue weighted by Gasteiger charge is -2.13. The number of Topliss-reactive ketones (excluding diaryl/α,β-unsaturated/α-hetero) is 1. The van der Waals surface area contributed by atoms with Crippen molar-refractivity contribution in [1.82, 2.24) is 5.32 Å². The molecule has 0 fully saturated rings. The van der Waals surface area contributed by atoms with Gasteiger partial charge in [0.25, 0.3) is 0 Å². The predicted octanol–water partition coefficient (Wildman–Crippen LogP) is 2.27. The first-order valence-electron chi connectivity index (χ1n) is 5.78. The highest BCUT2D eigenvalue weighted by molar-refractivity contribution is 5.83. The second kappa shape index (κ2) is 5.80. The molecule has 0 bridgehead atoms. The summed E-state index contributed by atoms with van der Waals surface area (Å²) < 4.78 is 0. The van der Waals surface area contributed by atoms with Crippen LogP contribution in [0.3, 0.4) is 0 Å². The first kappa shape index (κ1) is 12.9. The van der Waals surface area contributed by atoms with E-state index in [0.29, 0.717) is 12.2 Å². The molecule has 1 unspecified atom stereocenters. The lowest BCUT2D eigenvalue weighted by atomic mass is 9.93. The van der Waals surface area contributed by atoms with Gasteiger partial charge in [-0.1, -0.05) is 25.1 Å². The highest BCUT2D eigenvalue weighted by Crippen LogP contribution is 2.15. The molecule has 16 heavy (non-hydrogen) atoms. The predicted molar refractivity (Wildman–Crippen MR) is 67.7 cm³/mol. The minimum Gasteiger partial charge on any atom is -0.319 e. The first-order chi connectivity index (χ1) is 7.56. The van der Waals surface area contributed by atoms with Crippen molar-refractivity contribution in [2.75, 3.05) is 13.6 Å². The summed E-state index contributed by atoms with van der Waals surface area (Å²) in [6.45, 7) is 6.87. The lowest BCUT2D eigenvalue weighted by Crippen LogP contribution is -2.25. The van der Waals surface area contributed by atoms with Crippen molar-refractivity contribution < 1.29 is 4.79 Å². The van der Waals surface area contributed by atoms with E-state index in [2.05, 4.69) is 31.3 Å². The third-order valence-corrected chi connectivity index (χ3v) is 3.06. The third kappa shape index (κ3) is 3.17. The highest BCUT2D eigenvalue weighted by Gasteiger charge is 2.14. The second-order valence-corrected chi connectivity index (χ2v) is 4.47. The Labute approximate surface area is 98.1 Å². The molecule has 2 heteroatoms. The van der Waals surface area contributed by atoms with Crippen LogP contribution in [0.25, 0.3) is 0 Å². The molecule has 0 aliphatic heterocycles. The van der Waals surface area contributed by atoms with E-state index < -0.39 is 0 Å². The van der Waals surface area contributed by atoms with Crippen LogP contribution in [0, 0.1) is 19.8 Å². The number of benzene rings is 1. The molecule has 1 aromatic carbocycles. The van der Waals surface area contributed by atoms with Gasteiger partial charge < -0.3 is 5.32 Å². The van der Waals surface area contributed by atoms with Crippen molar-refractivity contribution in [2.45, 2.75) is 27.2 Å². The molecule has 1 atom stereocenters. The fourth-order valence-corrected chi connectivity index (χ4v) is 1.90. The van der Waals surface area contributed by atoms with Crippen molar-refractivity contribution in [3.63, 3.8) is 0 Å². The van der Waals surface area contributed by atoms with Gasteiger partial charge in [0.2, 0.25) is 0 Å². The summed E-state index contributed by atoms with van der Waals surface area (Å²) in [6.07, 6.45) is 0.557. The van der Waals surface area contributed by atoms with Gasteiger partial charge in [-0.15, -0.1) is 0 Å². The van der Waals surface area contributed by atoms with Crippen molar-refractivity contribution in [3.05, 3.63) is 34.9 Å². The summed E-state index contributed by atoms with van der Waals surface area (Å²) in [7, 11) is 1.88. The average molecular weight is 219 g/mol. The largest absolute Gasteiger partial charge is 0.319 e. The van der Waals surface area contributed by atoms with E-state index in [1.807, 2.05) is 20.0 Å². The van der Waals surface area contributed by atoms with Crippen LogP contribution in [0.2, 0.25) is 0 Å². The monoisotopic (exact) mass is 219 g/mol. The maximum atomic E-state index is 12.0. The van der Waals surface area contributed by atoms with Crippen molar-refractivity contribution >= 4 is 5.78 Å². The zero-order chi connectivity index (χ0) is 12.1. The number of carbonyl (C=O) groups is 1. The van der Waals surface area contributed by atoms with Crippen LogP contribution in [0.5, 0.6) is 0 Å². The molecule has 0 saturated carbocycles. The van der Waals surface area contributed by atoms with Gasteiger partial charge in [-0.25, -0.2) is 0 Å². The molecular weight excluding hydrogens is 198 g/mol. The Morgan fingerprint density at radius 3 is 2.38 bits per heavy atom. The fourth-order valence-electron chi connectivity index (χ4n) is 1.90. The van der Waals surface area contributed by atoms with Gasteiger partial charge in [0.05, 0.1) is 0 Å². The quantitative estimate of drug-likeness (QED) is 0.823. The lowest BCUT2D eigenvalue weighted by molar-refractivity contribution is -0.121. The Kier molecular flexibility index (Phi) is 4.69. The van der Waals surface area contributed by atoms with Gasteiger partial charge in [-0.2, -0.15) is 0 Å². The Hall–Kier alpha value is -1.15. The van der Waals surface area contributed by atoms with E-state index >= 15 is 0 Å². The Morgan fingerprint density at radius 1 is 1.31 bits per heavy atom. The number of rotatable bonds is 5. The van der Waals surface area contributed by atoms with E-state index in [0.717, 1.165) is 6.54 Å². The Balaban J connectivity index is 2.77. The molecule has 0 aromatic heterocycles. The summed E-state index contributed by atoms with van der Waals surface area (Å²) >= 11 is 0. The van der Waals surface area contributed by atoms with E-state index in [-0.39, 0.29) is 5.92 Å². The van der Waals surface area contributed by atoms with E-state index in [4.69, 9.17) is 0 Å². The standard InChI is InChI=1S/C14H21NO/c1-10-6-5-7-11(2)13(10)8-14(16)12(3)9-15-4/h5-7,12,15H,8-9H2,1-4H3. The number of ketones is 1. The Morgan fingerprint density at radius 2 is 1.88 bits per heavy atom. The maximum Gasteiger partial charge on any atom is 0.141 e. The molecule has 0 heterocycles. The molecule has 88 valence electrons. The normalized spacial score (nSPS) is 12.5. The zero-order valence-corrected chi connectivity index (χ0v) is 10.6. The maximum absolute atomic E-state index is 12.0. The summed E-state index contributed by atoms with van der Waals surface area (Å²) in [5.41, 5.74) is 3.62. The molecule has 0 aliphatic rings. The molecule has 0 radical (unpaired) electrons. The minimum atomic E-state index is 0.0870. The summed E-state index contributed by atoms with van der Waals surface area (Å²) in [5, 5.41) is 3.04.